The van der Waals surface area contributed by atoms with Gasteiger partial charge in [0.25, 0.3) is 0 Å². The summed E-state index contributed by atoms with van der Waals surface area (Å²) >= 11 is 6.33. The number of pyridine rings is 2. The van der Waals surface area contributed by atoms with Crippen LogP contribution in [-0.2, 0) is 6.54 Å². The van der Waals surface area contributed by atoms with E-state index >= 15 is 0 Å². The first-order chi connectivity index (χ1) is 17.0. The van der Waals surface area contributed by atoms with Crippen LogP contribution in [0.25, 0.3) is 33.8 Å². The highest BCUT2D eigenvalue weighted by Crippen LogP contribution is 2.37. The third-order valence-electron chi connectivity index (χ3n) is 7.33. The average molecular weight is 494 g/mol. The molecular weight excluding hydrogens is 466 g/mol. The monoisotopic (exact) mass is 493 g/mol. The fourth-order valence-corrected chi connectivity index (χ4v) is 5.62. The van der Waals surface area contributed by atoms with E-state index in [2.05, 4.69) is 31.5 Å². The molecule has 1 aliphatic carbocycles. The largest absolute Gasteiger partial charge is 0.439 e. The number of nitrogens with zero attached hydrogens (tertiary/aromatic N) is 6. The number of fused-ring (bicyclic) bond motifs is 1. The minimum Gasteiger partial charge on any atom is -0.342 e. The number of halogens is 1. The van der Waals surface area contributed by atoms with Crippen LogP contribution in [-0.4, -0.2) is 42.7 Å². The molecule has 0 radical (unpaired) electrons. The summed E-state index contributed by atoms with van der Waals surface area (Å²) in [5.41, 5.74) is 3.77. The molecule has 0 amide bonds. The molecule has 1 aliphatic heterocycles. The minimum atomic E-state index is -0.623. The van der Waals surface area contributed by atoms with E-state index < -0.39 is 5.76 Å². The van der Waals surface area contributed by atoms with Crippen molar-refractivity contribution in [1.29, 1.82) is 0 Å². The number of nitrogens with one attached hydrogen (secondary N) is 1. The van der Waals surface area contributed by atoms with Gasteiger partial charge in [0.15, 0.2) is 0 Å². The van der Waals surface area contributed by atoms with Crippen LogP contribution in [0, 0.1) is 11.8 Å². The summed E-state index contributed by atoms with van der Waals surface area (Å²) in [6, 6.07) is 3.74. The van der Waals surface area contributed by atoms with E-state index in [4.69, 9.17) is 26.1 Å². The lowest BCUT2D eigenvalue weighted by Gasteiger charge is -2.28. The molecule has 0 atom stereocenters. The molecule has 35 heavy (non-hydrogen) atoms. The molecule has 0 bridgehead atoms. The topological polar surface area (TPSA) is 106 Å². The second-order valence-corrected chi connectivity index (χ2v) is 10.3. The Hall–Kier alpha value is -3.20. The van der Waals surface area contributed by atoms with E-state index in [-0.39, 0.29) is 5.82 Å². The molecule has 0 unspecified atom stereocenters. The third-order valence-corrected chi connectivity index (χ3v) is 7.54. The van der Waals surface area contributed by atoms with Crippen molar-refractivity contribution in [3.8, 4) is 22.8 Å². The number of H-pyrrole nitrogens is 1. The highest BCUT2D eigenvalue weighted by atomic mass is 35.5. The smallest absolute Gasteiger partial charge is 0.342 e. The van der Waals surface area contributed by atoms with Gasteiger partial charge in [0.05, 0.1) is 21.7 Å². The van der Waals surface area contributed by atoms with Crippen LogP contribution in [0.1, 0.15) is 45.4 Å². The molecule has 5 heterocycles. The molecule has 1 N–H and O–H groups in total. The van der Waals surface area contributed by atoms with E-state index in [9.17, 15) is 4.79 Å². The van der Waals surface area contributed by atoms with Gasteiger partial charge < -0.3 is 9.47 Å². The minimum absolute atomic E-state index is 0.270. The van der Waals surface area contributed by atoms with Crippen molar-refractivity contribution in [3.63, 3.8) is 0 Å². The molecule has 4 aromatic rings. The van der Waals surface area contributed by atoms with Crippen LogP contribution in [0.15, 0.2) is 33.8 Å². The number of hydrogen-bond donors (Lipinski definition) is 1. The molecule has 2 aliphatic rings. The van der Waals surface area contributed by atoms with Crippen LogP contribution in [0.3, 0.4) is 0 Å². The van der Waals surface area contributed by atoms with E-state index in [1.54, 1.807) is 12.4 Å². The normalized spacial score (nSPS) is 20.7. The zero-order valence-corrected chi connectivity index (χ0v) is 20.5. The van der Waals surface area contributed by atoms with Gasteiger partial charge in [-0.1, -0.05) is 36.5 Å². The molecule has 182 valence electrons. The fourth-order valence-electron chi connectivity index (χ4n) is 5.45. The summed E-state index contributed by atoms with van der Waals surface area (Å²) in [6.07, 6.45) is 10.7. The highest BCUT2D eigenvalue weighted by molar-refractivity contribution is 6.30. The molecule has 9 nitrogen and oxygen atoms in total. The van der Waals surface area contributed by atoms with Gasteiger partial charge in [-0.05, 0) is 49.7 Å². The van der Waals surface area contributed by atoms with Crippen molar-refractivity contribution >= 4 is 28.6 Å². The molecule has 0 spiro atoms. The van der Waals surface area contributed by atoms with Crippen molar-refractivity contribution in [1.82, 2.24) is 29.7 Å². The van der Waals surface area contributed by atoms with Crippen molar-refractivity contribution in [2.45, 2.75) is 52.0 Å². The van der Waals surface area contributed by atoms with Gasteiger partial charge in [0, 0.05) is 37.6 Å². The van der Waals surface area contributed by atoms with Crippen LogP contribution >= 0.6 is 11.6 Å². The van der Waals surface area contributed by atoms with Crippen LogP contribution in [0.5, 0.6) is 0 Å². The molecule has 0 aromatic carbocycles. The molecule has 6 rings (SSSR count). The predicted molar refractivity (Wildman–Crippen MR) is 134 cm³/mol. The number of aromatic amines is 1. The lowest BCUT2D eigenvalue weighted by Crippen LogP contribution is -2.25. The van der Waals surface area contributed by atoms with Crippen LogP contribution < -0.4 is 10.7 Å². The van der Waals surface area contributed by atoms with Crippen molar-refractivity contribution < 1.29 is 4.52 Å². The fraction of sp³-hybridized carbons (Fsp3) is 0.480. The first-order valence-electron chi connectivity index (χ1n) is 12.4. The maximum atomic E-state index is 11.6. The summed E-state index contributed by atoms with van der Waals surface area (Å²) in [4.78, 5) is 31.0. The Morgan fingerprint density at radius 1 is 1.11 bits per heavy atom. The van der Waals surface area contributed by atoms with Crippen molar-refractivity contribution in [2.24, 2.45) is 11.8 Å². The molecule has 4 aromatic heterocycles. The van der Waals surface area contributed by atoms with Crippen LogP contribution in [0.4, 0.5) is 5.95 Å². The van der Waals surface area contributed by atoms with Gasteiger partial charge in [0.1, 0.15) is 5.69 Å². The van der Waals surface area contributed by atoms with Gasteiger partial charge in [-0.3, -0.25) is 14.5 Å². The maximum Gasteiger partial charge on any atom is 0.439 e. The number of aromatic nitrogens is 6. The van der Waals surface area contributed by atoms with Gasteiger partial charge in [0.2, 0.25) is 11.8 Å². The molecule has 1 saturated carbocycles. The number of rotatable bonds is 5. The van der Waals surface area contributed by atoms with Gasteiger partial charge in [-0.25, -0.2) is 14.8 Å². The Bertz CT molecular complexity index is 1410. The SMILES string of the molecule is CC1CCC(Cn2c(N3CCCC3)nc3cc(-c4noc(=O)[nH]4)nc(-c4cncc(Cl)c4)c32)CC1. The lowest BCUT2D eigenvalue weighted by molar-refractivity contribution is 0.267. The summed E-state index contributed by atoms with van der Waals surface area (Å²) in [7, 11) is 0. The van der Waals surface area contributed by atoms with Gasteiger partial charge in [-0.2, -0.15) is 0 Å². The Morgan fingerprint density at radius 2 is 1.91 bits per heavy atom. The predicted octanol–water partition coefficient (Wildman–Crippen LogP) is 4.92. The molecule has 1 saturated heterocycles. The third kappa shape index (κ3) is 4.33. The maximum absolute atomic E-state index is 11.6. The Balaban J connectivity index is 1.57. The van der Waals surface area contributed by atoms with Crippen LogP contribution in [0.2, 0.25) is 5.02 Å². The Labute approximate surface area is 207 Å². The van der Waals surface area contributed by atoms with Crippen molar-refractivity contribution in [3.05, 3.63) is 40.1 Å². The second kappa shape index (κ2) is 9.11. The quantitative estimate of drug-likeness (QED) is 0.420. The zero-order chi connectivity index (χ0) is 23.9. The summed E-state index contributed by atoms with van der Waals surface area (Å²) < 4.78 is 7.11. The summed E-state index contributed by atoms with van der Waals surface area (Å²) in [6.45, 7) is 5.24. The Kier molecular flexibility index (Phi) is 5.80. The van der Waals surface area contributed by atoms with Gasteiger partial charge in [-0.15, -0.1) is 0 Å². The first kappa shape index (κ1) is 22.3. The molecule has 2 fully saturated rings. The van der Waals surface area contributed by atoms with Gasteiger partial charge >= 0.3 is 5.76 Å². The zero-order valence-electron chi connectivity index (χ0n) is 19.7. The standard InChI is InChI=1S/C25H28ClN7O2/c1-15-4-6-16(7-5-15)14-33-22-19(29-24(33)32-8-2-3-9-32)11-20(23-30-25(34)35-31-23)28-21(22)17-10-18(26)13-27-12-17/h10-13,15-16H,2-9,14H2,1H3,(H,30,31,34). The van der Waals surface area contributed by atoms with E-state index in [0.717, 1.165) is 53.8 Å². The summed E-state index contributed by atoms with van der Waals surface area (Å²) in [5.74, 6) is 2.03. The highest BCUT2D eigenvalue weighted by Gasteiger charge is 2.27. The van der Waals surface area contributed by atoms with E-state index in [1.165, 1.54) is 38.5 Å². The second-order valence-electron chi connectivity index (χ2n) is 9.90. The number of imidazole rings is 1. The van der Waals surface area contributed by atoms with Crippen molar-refractivity contribution in [2.75, 3.05) is 18.0 Å². The lowest BCUT2D eigenvalue weighted by atomic mass is 9.83. The number of hydrogen-bond acceptors (Lipinski definition) is 7. The molecule has 10 heteroatoms. The number of anilines is 1. The average Bonchev–Trinajstić information content (AvgIpc) is 3.60. The Morgan fingerprint density at radius 3 is 2.63 bits per heavy atom. The summed E-state index contributed by atoms with van der Waals surface area (Å²) in [5, 5.41) is 4.39. The van der Waals surface area contributed by atoms with E-state index in [0.29, 0.717) is 16.6 Å². The first-order valence-corrected chi connectivity index (χ1v) is 12.8. The molecular formula is C25H28ClN7O2. The van der Waals surface area contributed by atoms with E-state index in [1.807, 2.05) is 12.1 Å².